The van der Waals surface area contributed by atoms with Crippen LogP contribution in [-0.4, -0.2) is 45.9 Å². The molecule has 0 unspecified atom stereocenters. The predicted molar refractivity (Wildman–Crippen MR) is 109 cm³/mol. The maximum Gasteiger partial charge on any atom is 0.243 e. The Kier molecular flexibility index (Phi) is 6.94. The fourth-order valence-corrected chi connectivity index (χ4v) is 5.01. The van der Waals surface area contributed by atoms with Gasteiger partial charge < -0.3 is 14.8 Å². The van der Waals surface area contributed by atoms with Crippen LogP contribution < -0.4 is 14.8 Å². The van der Waals surface area contributed by atoms with Gasteiger partial charge in [-0.05, 0) is 49.2 Å². The van der Waals surface area contributed by atoms with Crippen molar-refractivity contribution in [2.75, 3.05) is 27.3 Å². The number of carbonyl (C=O) groups excluding carboxylic acids is 1. The van der Waals surface area contributed by atoms with Crippen LogP contribution in [0.15, 0.2) is 47.4 Å². The van der Waals surface area contributed by atoms with Crippen molar-refractivity contribution in [3.63, 3.8) is 0 Å². The van der Waals surface area contributed by atoms with Crippen LogP contribution in [0.4, 0.5) is 4.39 Å². The van der Waals surface area contributed by atoms with Crippen LogP contribution in [0.5, 0.6) is 11.5 Å². The minimum Gasteiger partial charge on any atom is -0.496 e. The molecule has 2 aromatic carbocycles. The number of halogens is 1. The molecule has 2 aromatic rings. The lowest BCUT2D eigenvalue weighted by molar-refractivity contribution is -0.126. The highest BCUT2D eigenvalue weighted by molar-refractivity contribution is 7.89. The van der Waals surface area contributed by atoms with E-state index in [-0.39, 0.29) is 36.4 Å². The van der Waals surface area contributed by atoms with Gasteiger partial charge in [0.15, 0.2) is 0 Å². The molecule has 0 bridgehead atoms. The number of rotatable bonds is 7. The zero-order chi connectivity index (χ0) is 21.7. The van der Waals surface area contributed by atoms with Crippen molar-refractivity contribution in [3.05, 3.63) is 53.8 Å². The molecule has 1 N–H and O–H groups in total. The number of sulfonamides is 1. The molecule has 1 aliphatic heterocycles. The van der Waals surface area contributed by atoms with Gasteiger partial charge >= 0.3 is 0 Å². The first-order valence-corrected chi connectivity index (χ1v) is 11.0. The highest BCUT2D eigenvalue weighted by Gasteiger charge is 2.32. The molecule has 0 aliphatic carbocycles. The highest BCUT2D eigenvalue weighted by atomic mass is 32.2. The largest absolute Gasteiger partial charge is 0.496 e. The monoisotopic (exact) mass is 436 g/mol. The fourth-order valence-electron chi connectivity index (χ4n) is 3.54. The second-order valence-electron chi connectivity index (χ2n) is 6.99. The number of nitrogens with one attached hydrogen (secondary N) is 1. The van der Waals surface area contributed by atoms with Crippen molar-refractivity contribution in [2.24, 2.45) is 5.92 Å². The summed E-state index contributed by atoms with van der Waals surface area (Å²) in [7, 11) is -0.593. The molecule has 0 saturated carbocycles. The Morgan fingerprint density at radius 3 is 2.17 bits per heavy atom. The summed E-state index contributed by atoms with van der Waals surface area (Å²) >= 11 is 0. The smallest absolute Gasteiger partial charge is 0.243 e. The molecule has 1 heterocycles. The molecule has 1 saturated heterocycles. The molecule has 0 aromatic heterocycles. The SMILES string of the molecule is COc1cccc(OC)c1CNC(=O)C1CCN(S(=O)(=O)c2ccc(F)cc2)CC1. The Labute approximate surface area is 175 Å². The van der Waals surface area contributed by atoms with Gasteiger partial charge in [0.2, 0.25) is 15.9 Å². The first-order valence-electron chi connectivity index (χ1n) is 9.60. The van der Waals surface area contributed by atoms with Crippen molar-refractivity contribution in [2.45, 2.75) is 24.3 Å². The fraction of sp³-hybridized carbons (Fsp3) is 0.381. The van der Waals surface area contributed by atoms with E-state index in [9.17, 15) is 17.6 Å². The Morgan fingerprint density at radius 1 is 1.07 bits per heavy atom. The van der Waals surface area contributed by atoms with Gasteiger partial charge in [0.25, 0.3) is 0 Å². The van der Waals surface area contributed by atoms with Crippen molar-refractivity contribution in [1.29, 1.82) is 0 Å². The van der Waals surface area contributed by atoms with E-state index in [1.165, 1.54) is 16.4 Å². The Morgan fingerprint density at radius 2 is 1.63 bits per heavy atom. The van der Waals surface area contributed by atoms with Crippen LogP contribution >= 0.6 is 0 Å². The average molecular weight is 437 g/mol. The highest BCUT2D eigenvalue weighted by Crippen LogP contribution is 2.29. The van der Waals surface area contributed by atoms with E-state index in [1.807, 2.05) is 0 Å². The number of benzene rings is 2. The Hall–Kier alpha value is -2.65. The van der Waals surface area contributed by atoms with Crippen molar-refractivity contribution in [3.8, 4) is 11.5 Å². The summed E-state index contributed by atoms with van der Waals surface area (Å²) in [5.74, 6) is 0.327. The second kappa shape index (κ2) is 9.44. The van der Waals surface area contributed by atoms with Gasteiger partial charge in [-0.15, -0.1) is 0 Å². The summed E-state index contributed by atoms with van der Waals surface area (Å²) in [5.41, 5.74) is 0.743. The summed E-state index contributed by atoms with van der Waals surface area (Å²) in [6.45, 7) is 0.714. The molecule has 0 radical (unpaired) electrons. The van der Waals surface area contributed by atoms with Crippen LogP contribution in [-0.2, 0) is 21.4 Å². The molecule has 9 heteroatoms. The van der Waals surface area contributed by atoms with Gasteiger partial charge in [-0.2, -0.15) is 4.31 Å². The zero-order valence-electron chi connectivity index (χ0n) is 16.9. The Balaban J connectivity index is 1.59. The predicted octanol–water partition coefficient (Wildman–Crippen LogP) is 2.56. The molecule has 3 rings (SSSR count). The maximum absolute atomic E-state index is 13.1. The van der Waals surface area contributed by atoms with E-state index in [4.69, 9.17) is 9.47 Å². The number of carbonyl (C=O) groups is 1. The van der Waals surface area contributed by atoms with Crippen molar-refractivity contribution >= 4 is 15.9 Å². The number of methoxy groups -OCH3 is 2. The van der Waals surface area contributed by atoms with Gasteiger partial charge in [0.05, 0.1) is 31.2 Å². The van der Waals surface area contributed by atoms with Gasteiger partial charge in [-0.25, -0.2) is 12.8 Å². The van der Waals surface area contributed by atoms with Gasteiger partial charge in [0, 0.05) is 19.0 Å². The van der Waals surface area contributed by atoms with Gasteiger partial charge in [-0.3, -0.25) is 4.79 Å². The van der Waals surface area contributed by atoms with Crippen molar-refractivity contribution in [1.82, 2.24) is 9.62 Å². The van der Waals surface area contributed by atoms with E-state index in [1.54, 1.807) is 32.4 Å². The molecule has 1 fully saturated rings. The topological polar surface area (TPSA) is 84.9 Å². The van der Waals surface area contributed by atoms with Crippen LogP contribution in [0, 0.1) is 11.7 Å². The average Bonchev–Trinajstić information content (AvgIpc) is 2.77. The standard InChI is InChI=1S/C21H25FN2O5S/c1-28-19-4-3-5-20(29-2)18(19)14-23-21(25)15-10-12-24(13-11-15)30(26,27)17-8-6-16(22)7-9-17/h3-9,15H,10-14H2,1-2H3,(H,23,25). The number of amides is 1. The molecule has 30 heavy (non-hydrogen) atoms. The molecular weight excluding hydrogens is 411 g/mol. The third-order valence-corrected chi connectivity index (χ3v) is 7.16. The lowest BCUT2D eigenvalue weighted by Gasteiger charge is -2.30. The minimum absolute atomic E-state index is 0.0510. The normalized spacial score (nSPS) is 15.6. The molecule has 162 valence electrons. The zero-order valence-corrected chi connectivity index (χ0v) is 17.7. The van der Waals surface area contributed by atoms with E-state index in [2.05, 4.69) is 5.32 Å². The van der Waals surface area contributed by atoms with Crippen LogP contribution in [0.3, 0.4) is 0 Å². The summed E-state index contributed by atoms with van der Waals surface area (Å²) in [6, 6.07) is 10.2. The third kappa shape index (κ3) is 4.73. The van der Waals surface area contributed by atoms with Crippen molar-refractivity contribution < 1.29 is 27.1 Å². The number of hydrogen-bond donors (Lipinski definition) is 1. The molecule has 0 spiro atoms. The summed E-state index contributed by atoms with van der Waals surface area (Å²) in [4.78, 5) is 12.7. The second-order valence-corrected chi connectivity index (χ2v) is 8.93. The first kappa shape index (κ1) is 22.0. The lowest BCUT2D eigenvalue weighted by atomic mass is 9.97. The minimum atomic E-state index is -3.70. The molecule has 1 aliphatic rings. The molecular formula is C21H25FN2O5S. The third-order valence-electron chi connectivity index (χ3n) is 5.25. The lowest BCUT2D eigenvalue weighted by Crippen LogP contribution is -2.42. The number of nitrogens with zero attached hydrogens (tertiary/aromatic N) is 1. The van der Waals surface area contributed by atoms with E-state index in [0.29, 0.717) is 24.3 Å². The van der Waals surface area contributed by atoms with Gasteiger partial charge in [-0.1, -0.05) is 6.07 Å². The number of hydrogen-bond acceptors (Lipinski definition) is 5. The molecule has 0 atom stereocenters. The van der Waals surface area contributed by atoms with E-state index < -0.39 is 15.8 Å². The quantitative estimate of drug-likeness (QED) is 0.721. The number of ether oxygens (including phenoxy) is 2. The Bertz CT molecular complexity index is 965. The number of piperidine rings is 1. The molecule has 1 amide bonds. The van der Waals surface area contributed by atoms with Gasteiger partial charge in [0.1, 0.15) is 17.3 Å². The molecule has 7 nitrogen and oxygen atoms in total. The summed E-state index contributed by atoms with van der Waals surface area (Å²) < 4.78 is 50.5. The van der Waals surface area contributed by atoms with E-state index >= 15 is 0 Å². The maximum atomic E-state index is 13.1. The van der Waals surface area contributed by atoms with Crippen LogP contribution in [0.25, 0.3) is 0 Å². The van der Waals surface area contributed by atoms with Crippen LogP contribution in [0.2, 0.25) is 0 Å². The van der Waals surface area contributed by atoms with Crippen LogP contribution in [0.1, 0.15) is 18.4 Å². The summed E-state index contributed by atoms with van der Waals surface area (Å²) in [5, 5.41) is 2.90. The first-order chi connectivity index (χ1) is 14.4. The van der Waals surface area contributed by atoms with E-state index in [0.717, 1.165) is 17.7 Å². The summed E-state index contributed by atoms with van der Waals surface area (Å²) in [6.07, 6.45) is 0.824.